The molecule has 0 bridgehead atoms. The van der Waals surface area contributed by atoms with Gasteiger partial charge in [0.1, 0.15) is 18.0 Å². The maximum Gasteiger partial charge on any atom is 0.312 e. The summed E-state index contributed by atoms with van der Waals surface area (Å²) in [5, 5.41) is 1.21. The second-order valence-electron chi connectivity index (χ2n) is 5.97. The molecular weight excluding hydrogens is 427 g/mol. The maximum absolute atomic E-state index is 14.6. The predicted octanol–water partition coefficient (Wildman–Crippen LogP) is 3.95. The van der Waals surface area contributed by atoms with Gasteiger partial charge in [-0.1, -0.05) is 18.2 Å². The summed E-state index contributed by atoms with van der Waals surface area (Å²) in [6, 6.07) is 12.9. The molecule has 0 saturated heterocycles. The van der Waals surface area contributed by atoms with E-state index in [0.717, 1.165) is 11.8 Å². The molecule has 2 aromatic carbocycles. The second-order valence-corrected chi connectivity index (χ2v) is 9.24. The minimum absolute atomic E-state index is 0.0357. The topological polar surface area (TPSA) is 64.6 Å². The number of nitrogens with zero attached hydrogens (tertiary/aromatic N) is 1. The highest BCUT2D eigenvalue weighted by atomic mass is 35.5. The lowest BCUT2D eigenvalue weighted by Crippen LogP contribution is -2.50. The smallest absolute Gasteiger partial charge is 0.312 e. The molecule has 0 fully saturated rings. The van der Waals surface area contributed by atoms with Crippen LogP contribution in [0.2, 0.25) is 0 Å². The third-order valence-corrected chi connectivity index (χ3v) is 7.46. The van der Waals surface area contributed by atoms with Crippen molar-refractivity contribution in [3.05, 3.63) is 65.5 Å². The van der Waals surface area contributed by atoms with Crippen LogP contribution in [0.1, 0.15) is 5.56 Å². The second kappa shape index (κ2) is 8.30. The van der Waals surface area contributed by atoms with Crippen LogP contribution in [0.25, 0.3) is 0 Å². The van der Waals surface area contributed by atoms with Gasteiger partial charge in [-0.3, -0.25) is 0 Å². The molecule has 6 nitrogen and oxygen atoms in total. The van der Waals surface area contributed by atoms with Gasteiger partial charge in [0.15, 0.2) is 11.8 Å². The average molecular weight is 446 g/mol. The number of thioether (sulfide) groups is 1. The van der Waals surface area contributed by atoms with Crippen LogP contribution < -0.4 is 14.2 Å². The van der Waals surface area contributed by atoms with Gasteiger partial charge in [-0.05, 0) is 36.0 Å². The lowest BCUT2D eigenvalue weighted by molar-refractivity contribution is -0.811. The van der Waals surface area contributed by atoms with Crippen molar-refractivity contribution in [3.8, 4) is 11.5 Å². The molecule has 2 atom stereocenters. The number of methoxy groups -OCH3 is 2. The monoisotopic (exact) mass is 445 g/mol. The van der Waals surface area contributed by atoms with Crippen molar-refractivity contribution in [2.75, 3.05) is 14.2 Å². The summed E-state index contributed by atoms with van der Waals surface area (Å²) >= 11 is 7.54. The van der Waals surface area contributed by atoms with Gasteiger partial charge in [0.05, 0.1) is 30.1 Å². The molecule has 28 heavy (non-hydrogen) atoms. The number of rotatable bonds is 7. The molecule has 0 amide bonds. The van der Waals surface area contributed by atoms with Gasteiger partial charge in [-0.2, -0.15) is 0 Å². The number of nitrogens with one attached hydrogen (secondary N) is 1. The molecule has 0 aromatic heterocycles. The SMILES string of the molecule is COc1ccc(C[N+]2(Cl)C(F)=CSC2NS(=O)(=O)c2ccccc2)c(OC)c1. The van der Waals surface area contributed by atoms with E-state index < -0.39 is 25.5 Å². The quantitative estimate of drug-likeness (QED) is 0.516. The highest BCUT2D eigenvalue weighted by Crippen LogP contribution is 2.44. The third-order valence-electron chi connectivity index (χ3n) is 4.23. The molecule has 1 aliphatic rings. The fourth-order valence-electron chi connectivity index (χ4n) is 2.72. The summed E-state index contributed by atoms with van der Waals surface area (Å²) < 4.78 is 52.2. The molecule has 1 aliphatic heterocycles. The van der Waals surface area contributed by atoms with Gasteiger partial charge in [-0.25, -0.2) is 8.42 Å². The fraction of sp³-hybridized carbons (Fsp3) is 0.222. The predicted molar refractivity (Wildman–Crippen MR) is 107 cm³/mol. The summed E-state index contributed by atoms with van der Waals surface area (Å²) in [6.07, 6.45) is 0. The van der Waals surface area contributed by atoms with Crippen molar-refractivity contribution in [2.45, 2.75) is 16.9 Å². The zero-order chi connectivity index (χ0) is 20.4. The summed E-state index contributed by atoms with van der Waals surface area (Å²) in [6.45, 7) is -0.0357. The Morgan fingerprint density at radius 2 is 1.89 bits per heavy atom. The van der Waals surface area contributed by atoms with Crippen LogP contribution in [-0.2, 0) is 16.6 Å². The minimum Gasteiger partial charge on any atom is -0.497 e. The Bertz CT molecular complexity index is 988. The van der Waals surface area contributed by atoms with Crippen LogP contribution in [0.5, 0.6) is 11.5 Å². The number of sulfonamides is 1. The van der Waals surface area contributed by atoms with E-state index in [9.17, 15) is 12.8 Å². The minimum atomic E-state index is -3.88. The Morgan fingerprint density at radius 3 is 2.54 bits per heavy atom. The van der Waals surface area contributed by atoms with Crippen LogP contribution in [0.15, 0.2) is 64.8 Å². The zero-order valence-electron chi connectivity index (χ0n) is 15.1. The van der Waals surface area contributed by atoms with Gasteiger partial charge in [0, 0.05) is 6.07 Å². The Balaban J connectivity index is 1.89. The summed E-state index contributed by atoms with van der Waals surface area (Å²) in [7, 11) is -0.870. The van der Waals surface area contributed by atoms with Crippen molar-refractivity contribution in [2.24, 2.45) is 0 Å². The Labute approximate surface area is 172 Å². The number of hydrogen-bond donors (Lipinski definition) is 1. The Kier molecular flexibility index (Phi) is 6.21. The number of ether oxygens (including phenoxy) is 2. The van der Waals surface area contributed by atoms with Crippen molar-refractivity contribution in [3.63, 3.8) is 0 Å². The number of benzene rings is 2. The van der Waals surface area contributed by atoms with Crippen LogP contribution >= 0.6 is 23.5 Å². The summed E-state index contributed by atoms with van der Waals surface area (Å²) in [4.78, 5) is 0.0770. The standard InChI is InChI=1S/C18H19ClFN2O4S2/c1-25-14-9-8-13(16(10-14)26-2)11-22(19)17(20)12-27-18(22)21-28(23,24)15-6-4-3-5-7-15/h3-10,12,18,21H,11H2,1-2H3/q+1. The normalized spacial score (nSPS) is 22.0. The molecular formula is C18H19ClFN2O4S2+. The average Bonchev–Trinajstić information content (AvgIpc) is 2.96. The lowest BCUT2D eigenvalue weighted by Gasteiger charge is -2.29. The third kappa shape index (κ3) is 4.13. The molecule has 2 aromatic rings. The number of halogens is 2. The van der Waals surface area contributed by atoms with Crippen LogP contribution in [-0.4, -0.2) is 32.1 Å². The van der Waals surface area contributed by atoms with Gasteiger partial charge < -0.3 is 9.47 Å². The Morgan fingerprint density at radius 1 is 1.18 bits per heavy atom. The van der Waals surface area contributed by atoms with Gasteiger partial charge >= 0.3 is 5.95 Å². The first-order valence-electron chi connectivity index (χ1n) is 8.17. The van der Waals surface area contributed by atoms with Gasteiger partial charge in [0.25, 0.3) is 0 Å². The van der Waals surface area contributed by atoms with Gasteiger partial charge in [0.2, 0.25) is 15.5 Å². The first kappa shape index (κ1) is 20.9. The number of quaternary nitrogens is 1. The van der Waals surface area contributed by atoms with Gasteiger partial charge in [-0.15, -0.1) is 13.1 Å². The lowest BCUT2D eigenvalue weighted by atomic mass is 10.2. The van der Waals surface area contributed by atoms with E-state index in [1.807, 2.05) is 0 Å². The highest BCUT2D eigenvalue weighted by molar-refractivity contribution is 8.03. The van der Waals surface area contributed by atoms with E-state index in [0.29, 0.717) is 17.1 Å². The van der Waals surface area contributed by atoms with E-state index in [1.165, 1.54) is 31.8 Å². The molecule has 1 N–H and O–H groups in total. The van der Waals surface area contributed by atoms with Crippen molar-refractivity contribution in [1.82, 2.24) is 4.72 Å². The van der Waals surface area contributed by atoms with E-state index in [-0.39, 0.29) is 11.4 Å². The van der Waals surface area contributed by atoms with Crippen molar-refractivity contribution < 1.29 is 26.3 Å². The molecule has 10 heteroatoms. The molecule has 0 aliphatic carbocycles. The zero-order valence-corrected chi connectivity index (χ0v) is 17.5. The van der Waals surface area contributed by atoms with E-state index >= 15 is 0 Å². The first-order valence-corrected chi connectivity index (χ1v) is 10.9. The van der Waals surface area contributed by atoms with Crippen LogP contribution in [0.4, 0.5) is 4.39 Å². The van der Waals surface area contributed by atoms with Crippen molar-refractivity contribution >= 4 is 33.6 Å². The molecule has 150 valence electrons. The summed E-state index contributed by atoms with van der Waals surface area (Å²) in [5.74, 6) is 0.382. The van der Waals surface area contributed by atoms with E-state index in [2.05, 4.69) is 4.72 Å². The summed E-state index contributed by atoms with van der Waals surface area (Å²) in [5.41, 5.74) is -0.382. The van der Waals surface area contributed by atoms with Crippen LogP contribution in [0.3, 0.4) is 0 Å². The molecule has 2 unspecified atom stereocenters. The molecule has 1 heterocycles. The molecule has 3 rings (SSSR count). The van der Waals surface area contributed by atoms with Crippen molar-refractivity contribution in [1.29, 1.82) is 0 Å². The largest absolute Gasteiger partial charge is 0.497 e. The first-order chi connectivity index (χ1) is 13.3. The van der Waals surface area contributed by atoms with E-state index in [4.69, 9.17) is 21.3 Å². The molecule has 0 radical (unpaired) electrons. The maximum atomic E-state index is 14.6. The number of hydrogen-bond acceptors (Lipinski definition) is 5. The molecule has 0 saturated carbocycles. The highest BCUT2D eigenvalue weighted by Gasteiger charge is 2.49. The van der Waals surface area contributed by atoms with Crippen LogP contribution in [0, 0.1) is 0 Å². The fourth-order valence-corrected chi connectivity index (χ4v) is 5.69. The van der Waals surface area contributed by atoms with E-state index in [1.54, 1.807) is 36.4 Å². The molecule has 0 spiro atoms. The Hall–Kier alpha value is -1.78.